The van der Waals surface area contributed by atoms with Crippen LogP contribution in [0.3, 0.4) is 0 Å². The first kappa shape index (κ1) is 12.8. The monoisotopic (exact) mass is 247 g/mol. The number of aromatic nitrogens is 2. The van der Waals surface area contributed by atoms with Crippen LogP contribution in [-0.2, 0) is 13.1 Å². The summed E-state index contributed by atoms with van der Waals surface area (Å²) in [6.45, 7) is 5.62. The summed E-state index contributed by atoms with van der Waals surface area (Å²) in [7, 11) is 0. The van der Waals surface area contributed by atoms with Gasteiger partial charge in [0.25, 0.3) is 0 Å². The Morgan fingerprint density at radius 1 is 1.39 bits per heavy atom. The molecule has 96 valence electrons. The Balaban J connectivity index is 2.01. The molecule has 1 heterocycles. The molecule has 0 spiro atoms. The van der Waals surface area contributed by atoms with Crippen LogP contribution in [0, 0.1) is 5.82 Å². The van der Waals surface area contributed by atoms with Gasteiger partial charge in [0.1, 0.15) is 5.82 Å². The SMILES string of the molecule is CCn1cncc1CN[C@H](C)c1ccccc1F. The maximum Gasteiger partial charge on any atom is 0.127 e. The summed E-state index contributed by atoms with van der Waals surface area (Å²) in [5, 5.41) is 3.32. The summed E-state index contributed by atoms with van der Waals surface area (Å²) in [5.41, 5.74) is 1.81. The fourth-order valence-corrected chi connectivity index (χ4v) is 1.97. The van der Waals surface area contributed by atoms with Crippen molar-refractivity contribution in [2.45, 2.75) is 33.0 Å². The van der Waals surface area contributed by atoms with Crippen LogP contribution in [0.25, 0.3) is 0 Å². The highest BCUT2D eigenvalue weighted by atomic mass is 19.1. The highest BCUT2D eigenvalue weighted by Crippen LogP contribution is 2.16. The lowest BCUT2D eigenvalue weighted by Crippen LogP contribution is -2.20. The molecule has 0 saturated carbocycles. The van der Waals surface area contributed by atoms with E-state index in [1.165, 1.54) is 6.07 Å². The molecule has 1 aromatic carbocycles. The van der Waals surface area contributed by atoms with Crippen LogP contribution >= 0.6 is 0 Å². The quantitative estimate of drug-likeness (QED) is 0.880. The minimum absolute atomic E-state index is 0.0218. The Bertz CT molecular complexity index is 507. The van der Waals surface area contributed by atoms with E-state index in [4.69, 9.17) is 0 Å². The minimum Gasteiger partial charge on any atom is -0.334 e. The smallest absolute Gasteiger partial charge is 0.127 e. The lowest BCUT2D eigenvalue weighted by atomic mass is 10.1. The highest BCUT2D eigenvalue weighted by Gasteiger charge is 2.10. The van der Waals surface area contributed by atoms with E-state index >= 15 is 0 Å². The van der Waals surface area contributed by atoms with E-state index < -0.39 is 0 Å². The van der Waals surface area contributed by atoms with Crippen LogP contribution in [0.1, 0.15) is 31.1 Å². The largest absolute Gasteiger partial charge is 0.334 e. The Morgan fingerprint density at radius 3 is 2.89 bits per heavy atom. The molecule has 4 heteroatoms. The zero-order valence-electron chi connectivity index (χ0n) is 10.7. The van der Waals surface area contributed by atoms with Crippen LogP contribution in [0.2, 0.25) is 0 Å². The summed E-state index contributed by atoms with van der Waals surface area (Å²) in [6, 6.07) is 6.84. The Labute approximate surface area is 107 Å². The van der Waals surface area contributed by atoms with Gasteiger partial charge in [-0.2, -0.15) is 0 Å². The predicted octanol–water partition coefficient (Wildman–Crippen LogP) is 2.89. The number of benzene rings is 1. The second-order valence-electron chi connectivity index (χ2n) is 4.30. The maximum absolute atomic E-state index is 13.6. The highest BCUT2D eigenvalue weighted by molar-refractivity contribution is 5.20. The number of aryl methyl sites for hydroxylation is 1. The van der Waals surface area contributed by atoms with E-state index in [2.05, 4.69) is 21.8 Å². The fourth-order valence-electron chi connectivity index (χ4n) is 1.97. The number of imidazole rings is 1. The average molecular weight is 247 g/mol. The minimum atomic E-state index is -0.165. The molecule has 0 radical (unpaired) electrons. The van der Waals surface area contributed by atoms with E-state index in [9.17, 15) is 4.39 Å². The third kappa shape index (κ3) is 2.76. The van der Waals surface area contributed by atoms with Crippen molar-refractivity contribution in [1.29, 1.82) is 0 Å². The molecule has 0 saturated heterocycles. The first-order valence-electron chi connectivity index (χ1n) is 6.19. The molecule has 1 N–H and O–H groups in total. The zero-order chi connectivity index (χ0) is 13.0. The summed E-state index contributed by atoms with van der Waals surface area (Å²) >= 11 is 0. The molecule has 2 aromatic rings. The predicted molar refractivity (Wildman–Crippen MR) is 69.6 cm³/mol. The van der Waals surface area contributed by atoms with Crippen molar-refractivity contribution in [3.05, 3.63) is 53.9 Å². The molecular weight excluding hydrogens is 229 g/mol. The first-order valence-corrected chi connectivity index (χ1v) is 6.19. The Morgan fingerprint density at radius 2 is 2.17 bits per heavy atom. The van der Waals surface area contributed by atoms with E-state index in [1.807, 2.05) is 31.6 Å². The maximum atomic E-state index is 13.6. The molecule has 18 heavy (non-hydrogen) atoms. The van der Waals surface area contributed by atoms with E-state index in [1.54, 1.807) is 6.07 Å². The van der Waals surface area contributed by atoms with Gasteiger partial charge >= 0.3 is 0 Å². The lowest BCUT2D eigenvalue weighted by Gasteiger charge is -2.15. The first-order chi connectivity index (χ1) is 8.72. The van der Waals surface area contributed by atoms with Gasteiger partial charge in [-0.1, -0.05) is 18.2 Å². The molecule has 0 aliphatic carbocycles. The number of nitrogens with one attached hydrogen (secondary N) is 1. The van der Waals surface area contributed by atoms with Gasteiger partial charge in [0.2, 0.25) is 0 Å². The molecule has 1 aromatic heterocycles. The molecule has 3 nitrogen and oxygen atoms in total. The fraction of sp³-hybridized carbons (Fsp3) is 0.357. The summed E-state index contributed by atoms with van der Waals surface area (Å²) in [5.74, 6) is -0.165. The van der Waals surface area contributed by atoms with Gasteiger partial charge in [0.15, 0.2) is 0 Å². The van der Waals surface area contributed by atoms with Crippen LogP contribution in [0.4, 0.5) is 4.39 Å². The van der Waals surface area contributed by atoms with Crippen LogP contribution in [0.5, 0.6) is 0 Å². The van der Waals surface area contributed by atoms with E-state index in [0.29, 0.717) is 12.1 Å². The molecule has 0 unspecified atom stereocenters. The van der Waals surface area contributed by atoms with Crippen LogP contribution in [-0.4, -0.2) is 9.55 Å². The molecule has 0 aliphatic heterocycles. The third-order valence-corrected chi connectivity index (χ3v) is 3.10. The number of nitrogens with zero attached hydrogens (tertiary/aromatic N) is 2. The molecular formula is C14H18FN3. The van der Waals surface area contributed by atoms with Crippen molar-refractivity contribution in [2.24, 2.45) is 0 Å². The van der Waals surface area contributed by atoms with E-state index in [0.717, 1.165) is 12.2 Å². The van der Waals surface area contributed by atoms with Crippen molar-refractivity contribution in [3.63, 3.8) is 0 Å². The van der Waals surface area contributed by atoms with Gasteiger partial charge in [-0.25, -0.2) is 9.37 Å². The van der Waals surface area contributed by atoms with Crippen molar-refractivity contribution < 1.29 is 4.39 Å². The summed E-state index contributed by atoms with van der Waals surface area (Å²) in [6.07, 6.45) is 3.65. The summed E-state index contributed by atoms with van der Waals surface area (Å²) in [4.78, 5) is 4.11. The second-order valence-corrected chi connectivity index (χ2v) is 4.30. The van der Waals surface area contributed by atoms with Crippen molar-refractivity contribution in [2.75, 3.05) is 0 Å². The van der Waals surface area contributed by atoms with Gasteiger partial charge in [-0.3, -0.25) is 0 Å². The van der Waals surface area contributed by atoms with E-state index in [-0.39, 0.29) is 11.9 Å². The average Bonchev–Trinajstić information content (AvgIpc) is 2.84. The lowest BCUT2D eigenvalue weighted by molar-refractivity contribution is 0.516. The number of rotatable bonds is 5. The van der Waals surface area contributed by atoms with Gasteiger partial charge in [0, 0.05) is 30.9 Å². The van der Waals surface area contributed by atoms with Crippen LogP contribution in [0.15, 0.2) is 36.8 Å². The molecule has 1 atom stereocenters. The second kappa shape index (κ2) is 5.78. The topological polar surface area (TPSA) is 29.9 Å². The normalized spacial score (nSPS) is 12.6. The molecule has 0 fully saturated rings. The van der Waals surface area contributed by atoms with Crippen molar-refractivity contribution in [3.8, 4) is 0 Å². The van der Waals surface area contributed by atoms with Gasteiger partial charge < -0.3 is 9.88 Å². The third-order valence-electron chi connectivity index (χ3n) is 3.10. The van der Waals surface area contributed by atoms with Crippen LogP contribution < -0.4 is 5.32 Å². The Kier molecular flexibility index (Phi) is 4.10. The van der Waals surface area contributed by atoms with Gasteiger partial charge in [0.05, 0.1) is 12.0 Å². The van der Waals surface area contributed by atoms with Gasteiger partial charge in [-0.05, 0) is 19.9 Å². The van der Waals surface area contributed by atoms with Gasteiger partial charge in [-0.15, -0.1) is 0 Å². The number of hydrogen-bond donors (Lipinski definition) is 1. The molecule has 0 bridgehead atoms. The van der Waals surface area contributed by atoms with Crippen molar-refractivity contribution >= 4 is 0 Å². The van der Waals surface area contributed by atoms with Crippen molar-refractivity contribution in [1.82, 2.24) is 14.9 Å². The molecule has 2 rings (SSSR count). The zero-order valence-corrected chi connectivity index (χ0v) is 10.7. The number of halogens is 1. The number of hydrogen-bond acceptors (Lipinski definition) is 2. The standard InChI is InChI=1S/C14H18FN3/c1-3-18-10-16-8-12(18)9-17-11(2)13-6-4-5-7-14(13)15/h4-8,10-11,17H,3,9H2,1-2H3/t11-/m1/s1. The molecule has 0 amide bonds. The molecule has 0 aliphatic rings. The summed E-state index contributed by atoms with van der Waals surface area (Å²) < 4.78 is 15.7. The Hall–Kier alpha value is -1.68.